The lowest BCUT2D eigenvalue weighted by Crippen LogP contribution is -2.25. The van der Waals surface area contributed by atoms with Crippen LogP contribution >= 0.6 is 11.3 Å². The molecule has 0 unspecified atom stereocenters. The van der Waals surface area contributed by atoms with Crippen molar-refractivity contribution in [1.82, 2.24) is 20.1 Å². The second kappa shape index (κ2) is 7.05. The zero-order chi connectivity index (χ0) is 16.3. The lowest BCUT2D eigenvalue weighted by molar-refractivity contribution is 0.0956. The van der Waals surface area contributed by atoms with E-state index in [1.807, 2.05) is 25.5 Å². The molecule has 0 aliphatic carbocycles. The van der Waals surface area contributed by atoms with Crippen LogP contribution in [-0.4, -0.2) is 27.2 Å². The molecule has 2 heterocycles. The van der Waals surface area contributed by atoms with E-state index < -0.39 is 0 Å². The van der Waals surface area contributed by atoms with Crippen LogP contribution in [0.3, 0.4) is 0 Å². The molecular weight excluding hydrogens is 296 g/mol. The molecule has 0 aromatic carbocycles. The van der Waals surface area contributed by atoms with Gasteiger partial charge in [-0.1, -0.05) is 13.8 Å². The summed E-state index contributed by atoms with van der Waals surface area (Å²) in [5, 5.41) is 8.42. The Bertz CT molecular complexity index is 657. The first kappa shape index (κ1) is 16.7. The van der Waals surface area contributed by atoms with Crippen LogP contribution in [0.4, 0.5) is 0 Å². The third kappa shape index (κ3) is 3.94. The molecule has 0 atom stereocenters. The van der Waals surface area contributed by atoms with Gasteiger partial charge in [0, 0.05) is 24.7 Å². The maximum Gasteiger partial charge on any atom is 0.263 e. The Balaban J connectivity index is 1.84. The van der Waals surface area contributed by atoms with Crippen molar-refractivity contribution in [2.24, 2.45) is 0 Å². The third-order valence-electron chi connectivity index (χ3n) is 3.45. The summed E-state index contributed by atoms with van der Waals surface area (Å²) in [7, 11) is 0. The van der Waals surface area contributed by atoms with Crippen molar-refractivity contribution >= 4 is 17.2 Å². The number of thiazole rings is 1. The number of aryl methyl sites for hydroxylation is 4. The Hall–Kier alpha value is -1.69. The summed E-state index contributed by atoms with van der Waals surface area (Å²) in [5.74, 6) is 0.339. The number of aromatic nitrogens is 3. The van der Waals surface area contributed by atoms with Gasteiger partial charge in [0.2, 0.25) is 0 Å². The van der Waals surface area contributed by atoms with Gasteiger partial charge in [-0.2, -0.15) is 5.10 Å². The molecule has 2 aromatic rings. The molecule has 0 saturated heterocycles. The van der Waals surface area contributed by atoms with Crippen LogP contribution in [0, 0.1) is 20.8 Å². The van der Waals surface area contributed by atoms with E-state index in [1.165, 1.54) is 11.3 Å². The molecule has 0 bridgehead atoms. The average Bonchev–Trinajstić information content (AvgIpc) is 2.97. The van der Waals surface area contributed by atoms with Crippen molar-refractivity contribution < 1.29 is 4.79 Å². The molecule has 0 saturated carbocycles. The van der Waals surface area contributed by atoms with Crippen LogP contribution in [0.15, 0.2) is 6.07 Å². The highest BCUT2D eigenvalue weighted by Gasteiger charge is 2.16. The van der Waals surface area contributed by atoms with E-state index in [0.717, 1.165) is 39.9 Å². The summed E-state index contributed by atoms with van der Waals surface area (Å²) in [6.45, 7) is 11.6. The zero-order valence-corrected chi connectivity index (χ0v) is 14.8. The van der Waals surface area contributed by atoms with E-state index in [4.69, 9.17) is 0 Å². The minimum Gasteiger partial charge on any atom is -0.351 e. The maximum atomic E-state index is 12.2. The number of hydrogen-bond donors (Lipinski definition) is 1. The fourth-order valence-corrected chi connectivity index (χ4v) is 3.27. The van der Waals surface area contributed by atoms with E-state index in [2.05, 4.69) is 35.3 Å². The van der Waals surface area contributed by atoms with Crippen LogP contribution in [0.2, 0.25) is 0 Å². The predicted molar refractivity (Wildman–Crippen MR) is 89.6 cm³/mol. The normalized spacial score (nSPS) is 11.2. The second-order valence-corrected chi connectivity index (χ2v) is 6.91. The zero-order valence-electron chi connectivity index (χ0n) is 13.9. The monoisotopic (exact) mass is 320 g/mol. The maximum absolute atomic E-state index is 12.2. The van der Waals surface area contributed by atoms with Crippen molar-refractivity contribution in [1.29, 1.82) is 0 Å². The first-order chi connectivity index (χ1) is 10.4. The molecular formula is C16H24N4OS. The minimum atomic E-state index is -0.0183. The summed E-state index contributed by atoms with van der Waals surface area (Å²) in [6, 6.07) is 2.06. The van der Waals surface area contributed by atoms with Crippen molar-refractivity contribution in [3.05, 3.63) is 33.0 Å². The third-order valence-corrected chi connectivity index (χ3v) is 4.91. The number of hydrogen-bond acceptors (Lipinski definition) is 4. The van der Waals surface area contributed by atoms with Gasteiger partial charge < -0.3 is 5.32 Å². The molecule has 5 nitrogen and oxygen atoms in total. The lowest BCUT2D eigenvalue weighted by Gasteiger charge is -2.06. The quantitative estimate of drug-likeness (QED) is 0.831. The number of amides is 1. The molecule has 1 amide bonds. The second-order valence-electron chi connectivity index (χ2n) is 5.88. The van der Waals surface area contributed by atoms with E-state index >= 15 is 0 Å². The molecule has 22 heavy (non-hydrogen) atoms. The molecule has 0 spiro atoms. The minimum absolute atomic E-state index is 0.0183. The van der Waals surface area contributed by atoms with Crippen molar-refractivity contribution in [2.75, 3.05) is 6.54 Å². The fraction of sp³-hybridized carbons (Fsp3) is 0.562. The first-order valence-electron chi connectivity index (χ1n) is 7.65. The number of rotatable bonds is 6. The van der Waals surface area contributed by atoms with Gasteiger partial charge >= 0.3 is 0 Å². The largest absolute Gasteiger partial charge is 0.351 e. The van der Waals surface area contributed by atoms with Crippen molar-refractivity contribution in [3.63, 3.8) is 0 Å². The van der Waals surface area contributed by atoms with E-state index in [-0.39, 0.29) is 5.91 Å². The summed E-state index contributed by atoms with van der Waals surface area (Å²) in [5.41, 5.74) is 3.01. The standard InChI is InChI=1S/C16H24N4OS/c1-10(2)16-18-13(5)14(22-16)15(21)17-7-6-8-20-12(4)9-11(3)19-20/h9-10H,6-8H2,1-5H3,(H,17,21). The van der Waals surface area contributed by atoms with Gasteiger partial charge in [0.25, 0.3) is 5.91 Å². The molecule has 0 fully saturated rings. The Morgan fingerprint density at radius 1 is 1.36 bits per heavy atom. The number of nitrogens with zero attached hydrogens (tertiary/aromatic N) is 3. The predicted octanol–water partition coefficient (Wildman–Crippen LogP) is 3.21. The number of carbonyl (C=O) groups is 1. The SMILES string of the molecule is Cc1cc(C)n(CCCNC(=O)c2sc(C(C)C)nc2C)n1. The van der Waals surface area contributed by atoms with Crippen LogP contribution in [-0.2, 0) is 6.54 Å². The molecule has 2 aromatic heterocycles. The van der Waals surface area contributed by atoms with Crippen LogP contribution in [0.5, 0.6) is 0 Å². The smallest absolute Gasteiger partial charge is 0.263 e. The van der Waals surface area contributed by atoms with Gasteiger partial charge in [-0.05, 0) is 33.3 Å². The topological polar surface area (TPSA) is 59.8 Å². The number of carbonyl (C=O) groups excluding carboxylic acids is 1. The van der Waals surface area contributed by atoms with Crippen molar-refractivity contribution in [2.45, 2.75) is 53.5 Å². The fourth-order valence-electron chi connectivity index (χ4n) is 2.29. The lowest BCUT2D eigenvalue weighted by atomic mass is 10.2. The van der Waals surface area contributed by atoms with Gasteiger partial charge in [-0.25, -0.2) is 4.98 Å². The van der Waals surface area contributed by atoms with E-state index in [9.17, 15) is 4.79 Å². The van der Waals surface area contributed by atoms with Gasteiger partial charge in [0.05, 0.1) is 16.4 Å². The highest BCUT2D eigenvalue weighted by Crippen LogP contribution is 2.24. The summed E-state index contributed by atoms with van der Waals surface area (Å²) >= 11 is 1.50. The van der Waals surface area contributed by atoms with E-state index in [0.29, 0.717) is 12.5 Å². The Morgan fingerprint density at radius 3 is 2.64 bits per heavy atom. The van der Waals surface area contributed by atoms with Gasteiger partial charge in [0.1, 0.15) is 4.88 Å². The highest BCUT2D eigenvalue weighted by molar-refractivity contribution is 7.13. The number of nitrogens with one attached hydrogen (secondary N) is 1. The Kier molecular flexibility index (Phi) is 5.34. The van der Waals surface area contributed by atoms with Crippen LogP contribution in [0.25, 0.3) is 0 Å². The summed E-state index contributed by atoms with van der Waals surface area (Å²) in [6.07, 6.45) is 0.864. The van der Waals surface area contributed by atoms with Crippen LogP contribution < -0.4 is 5.32 Å². The Labute approximate surface area is 135 Å². The summed E-state index contributed by atoms with van der Waals surface area (Å²) in [4.78, 5) is 17.4. The molecule has 0 radical (unpaired) electrons. The van der Waals surface area contributed by atoms with E-state index in [1.54, 1.807) is 0 Å². The van der Waals surface area contributed by atoms with Crippen LogP contribution in [0.1, 0.15) is 57.9 Å². The first-order valence-corrected chi connectivity index (χ1v) is 8.46. The highest BCUT2D eigenvalue weighted by atomic mass is 32.1. The molecule has 0 aliphatic heterocycles. The van der Waals surface area contributed by atoms with Gasteiger partial charge in [0.15, 0.2) is 0 Å². The molecule has 120 valence electrons. The summed E-state index contributed by atoms with van der Waals surface area (Å²) < 4.78 is 1.98. The Morgan fingerprint density at radius 2 is 2.09 bits per heavy atom. The molecule has 0 aliphatic rings. The van der Waals surface area contributed by atoms with Crippen molar-refractivity contribution in [3.8, 4) is 0 Å². The average molecular weight is 320 g/mol. The van der Waals surface area contributed by atoms with Gasteiger partial charge in [-0.15, -0.1) is 11.3 Å². The molecule has 1 N–H and O–H groups in total. The molecule has 6 heteroatoms. The molecule has 2 rings (SSSR count). The van der Waals surface area contributed by atoms with Gasteiger partial charge in [-0.3, -0.25) is 9.48 Å².